The van der Waals surface area contributed by atoms with E-state index in [0.717, 1.165) is 31.0 Å². The molecular formula is C18H24N4O3. The van der Waals surface area contributed by atoms with Gasteiger partial charge in [0.25, 0.3) is 0 Å². The smallest absolute Gasteiger partial charge is 0.322 e. The van der Waals surface area contributed by atoms with Gasteiger partial charge in [-0.15, -0.1) is 0 Å². The average molecular weight is 344 g/mol. The van der Waals surface area contributed by atoms with E-state index in [1.54, 1.807) is 17.4 Å². The van der Waals surface area contributed by atoms with Gasteiger partial charge in [0, 0.05) is 27.2 Å². The van der Waals surface area contributed by atoms with Gasteiger partial charge in [-0.25, -0.2) is 9.78 Å². The minimum atomic E-state index is -0.189. The second-order valence-corrected chi connectivity index (χ2v) is 6.32. The van der Waals surface area contributed by atoms with E-state index in [-0.39, 0.29) is 12.1 Å². The molecule has 2 aromatic heterocycles. The summed E-state index contributed by atoms with van der Waals surface area (Å²) in [5, 5.41) is 2.90. The molecule has 0 aliphatic carbocycles. The summed E-state index contributed by atoms with van der Waals surface area (Å²) in [6.45, 7) is 1.70. The summed E-state index contributed by atoms with van der Waals surface area (Å²) in [5.41, 5.74) is 0.660. The van der Waals surface area contributed by atoms with Crippen molar-refractivity contribution in [1.82, 2.24) is 9.88 Å². The number of hydrogen-bond donors (Lipinski definition) is 1. The number of aromatic nitrogens is 1. The van der Waals surface area contributed by atoms with Crippen molar-refractivity contribution in [3.8, 4) is 0 Å². The molecule has 0 bridgehead atoms. The van der Waals surface area contributed by atoms with Crippen molar-refractivity contribution >= 4 is 17.5 Å². The number of carbonyl (C=O) groups is 1. The van der Waals surface area contributed by atoms with E-state index in [4.69, 9.17) is 9.15 Å². The molecule has 134 valence electrons. The molecule has 0 saturated carbocycles. The van der Waals surface area contributed by atoms with Gasteiger partial charge in [-0.05, 0) is 37.1 Å². The molecule has 3 heterocycles. The van der Waals surface area contributed by atoms with Crippen LogP contribution in [0.1, 0.15) is 18.6 Å². The van der Waals surface area contributed by atoms with Crippen LogP contribution in [0.15, 0.2) is 41.1 Å². The van der Waals surface area contributed by atoms with Gasteiger partial charge in [-0.2, -0.15) is 0 Å². The van der Waals surface area contributed by atoms with Crippen LogP contribution in [0.25, 0.3) is 0 Å². The average Bonchev–Trinajstić information content (AvgIpc) is 3.28. The van der Waals surface area contributed by atoms with Crippen molar-refractivity contribution in [2.75, 3.05) is 37.5 Å². The maximum Gasteiger partial charge on any atom is 0.322 e. The van der Waals surface area contributed by atoms with Crippen molar-refractivity contribution in [3.63, 3.8) is 0 Å². The van der Waals surface area contributed by atoms with Crippen LogP contribution in [0.2, 0.25) is 0 Å². The second-order valence-electron chi connectivity index (χ2n) is 6.32. The molecule has 7 nitrogen and oxygen atoms in total. The molecule has 7 heteroatoms. The Morgan fingerprint density at radius 1 is 1.36 bits per heavy atom. The number of ether oxygens (including phenoxy) is 1. The standard InChI is InChI=1S/C18H24N4O3/c1-21(2)17-8-7-14(11-19-17)20-18(23)22(12-15-5-3-9-24-15)13-16-6-4-10-25-16/h3,5,7-9,11,16H,4,6,10,12-13H2,1-2H3,(H,20,23). The van der Waals surface area contributed by atoms with Gasteiger partial charge in [-0.1, -0.05) is 0 Å². The number of amides is 2. The lowest BCUT2D eigenvalue weighted by Crippen LogP contribution is -2.39. The van der Waals surface area contributed by atoms with E-state index >= 15 is 0 Å². The van der Waals surface area contributed by atoms with Gasteiger partial charge in [0.05, 0.1) is 30.8 Å². The molecule has 1 aliphatic rings. The Labute approximate surface area is 147 Å². The topological polar surface area (TPSA) is 70.8 Å². The molecular weight excluding hydrogens is 320 g/mol. The maximum atomic E-state index is 12.7. The number of anilines is 2. The highest BCUT2D eigenvalue weighted by atomic mass is 16.5. The quantitative estimate of drug-likeness (QED) is 0.872. The van der Waals surface area contributed by atoms with E-state index in [9.17, 15) is 4.79 Å². The third kappa shape index (κ3) is 4.73. The normalized spacial score (nSPS) is 16.6. The summed E-state index contributed by atoms with van der Waals surface area (Å²) in [5.74, 6) is 1.58. The summed E-state index contributed by atoms with van der Waals surface area (Å²) in [7, 11) is 3.85. The van der Waals surface area contributed by atoms with E-state index in [2.05, 4.69) is 10.3 Å². The molecule has 1 aliphatic heterocycles. The second kappa shape index (κ2) is 8.02. The Kier molecular flexibility index (Phi) is 5.55. The first kappa shape index (κ1) is 17.3. The summed E-state index contributed by atoms with van der Waals surface area (Å²) < 4.78 is 11.1. The van der Waals surface area contributed by atoms with Crippen LogP contribution in [0, 0.1) is 0 Å². The first-order valence-electron chi connectivity index (χ1n) is 8.45. The molecule has 3 rings (SSSR count). The highest BCUT2D eigenvalue weighted by molar-refractivity contribution is 5.89. The Balaban J connectivity index is 1.66. The van der Waals surface area contributed by atoms with Crippen LogP contribution in [0.5, 0.6) is 0 Å². The van der Waals surface area contributed by atoms with E-state index in [1.165, 1.54) is 0 Å². The van der Waals surface area contributed by atoms with Crippen LogP contribution >= 0.6 is 0 Å². The first-order valence-corrected chi connectivity index (χ1v) is 8.45. The van der Waals surface area contributed by atoms with Gasteiger partial charge >= 0.3 is 6.03 Å². The number of urea groups is 1. The number of furan rings is 1. The Morgan fingerprint density at radius 3 is 2.84 bits per heavy atom. The summed E-state index contributed by atoms with van der Waals surface area (Å²) >= 11 is 0. The van der Waals surface area contributed by atoms with Gasteiger partial charge < -0.3 is 24.3 Å². The third-order valence-corrected chi connectivity index (χ3v) is 4.12. The molecule has 25 heavy (non-hydrogen) atoms. The van der Waals surface area contributed by atoms with Crippen molar-refractivity contribution in [2.45, 2.75) is 25.5 Å². The summed E-state index contributed by atoms with van der Waals surface area (Å²) in [6, 6.07) is 7.21. The fourth-order valence-electron chi connectivity index (χ4n) is 2.77. The zero-order valence-corrected chi connectivity index (χ0v) is 14.6. The van der Waals surface area contributed by atoms with Gasteiger partial charge in [0.15, 0.2) is 0 Å². The molecule has 1 N–H and O–H groups in total. The van der Waals surface area contributed by atoms with Gasteiger partial charge in [-0.3, -0.25) is 0 Å². The van der Waals surface area contributed by atoms with Crippen LogP contribution in [-0.4, -0.2) is 49.3 Å². The lowest BCUT2D eigenvalue weighted by atomic mass is 10.2. The Bertz CT molecular complexity index is 664. The van der Waals surface area contributed by atoms with Crippen LogP contribution in [-0.2, 0) is 11.3 Å². The fourth-order valence-corrected chi connectivity index (χ4v) is 2.77. The van der Waals surface area contributed by atoms with E-state index < -0.39 is 0 Å². The van der Waals surface area contributed by atoms with E-state index in [1.807, 2.05) is 43.3 Å². The minimum absolute atomic E-state index is 0.0787. The number of rotatable bonds is 6. The molecule has 0 spiro atoms. The monoisotopic (exact) mass is 344 g/mol. The van der Waals surface area contributed by atoms with Gasteiger partial charge in [0.1, 0.15) is 11.6 Å². The Hall–Kier alpha value is -2.54. The fraction of sp³-hybridized carbons (Fsp3) is 0.444. The van der Waals surface area contributed by atoms with Crippen LogP contribution in [0.3, 0.4) is 0 Å². The molecule has 1 unspecified atom stereocenters. The lowest BCUT2D eigenvalue weighted by Gasteiger charge is -2.25. The third-order valence-electron chi connectivity index (χ3n) is 4.12. The number of hydrogen-bond acceptors (Lipinski definition) is 5. The van der Waals surface area contributed by atoms with E-state index in [0.29, 0.717) is 18.8 Å². The zero-order valence-electron chi connectivity index (χ0n) is 14.6. The number of carbonyl (C=O) groups excluding carboxylic acids is 1. The Morgan fingerprint density at radius 2 is 2.24 bits per heavy atom. The summed E-state index contributed by atoms with van der Waals surface area (Å²) in [6.07, 6.45) is 5.36. The van der Waals surface area contributed by atoms with Crippen LogP contribution in [0.4, 0.5) is 16.3 Å². The number of nitrogens with zero attached hydrogens (tertiary/aromatic N) is 3. The van der Waals surface area contributed by atoms with Crippen molar-refractivity contribution in [1.29, 1.82) is 0 Å². The minimum Gasteiger partial charge on any atom is -0.467 e. The first-order chi connectivity index (χ1) is 12.1. The predicted molar refractivity (Wildman–Crippen MR) is 95.7 cm³/mol. The molecule has 1 atom stereocenters. The van der Waals surface area contributed by atoms with Crippen molar-refractivity contribution in [2.24, 2.45) is 0 Å². The zero-order chi connectivity index (χ0) is 17.6. The predicted octanol–water partition coefficient (Wildman–Crippen LogP) is 2.95. The molecule has 0 aromatic carbocycles. The number of nitrogens with one attached hydrogen (secondary N) is 1. The highest BCUT2D eigenvalue weighted by Crippen LogP contribution is 2.17. The number of pyridine rings is 1. The molecule has 1 fully saturated rings. The molecule has 0 radical (unpaired) electrons. The molecule has 2 amide bonds. The molecule has 1 saturated heterocycles. The maximum absolute atomic E-state index is 12.7. The summed E-state index contributed by atoms with van der Waals surface area (Å²) in [4.78, 5) is 20.7. The molecule has 2 aromatic rings. The van der Waals surface area contributed by atoms with Crippen molar-refractivity contribution < 1.29 is 13.9 Å². The highest BCUT2D eigenvalue weighted by Gasteiger charge is 2.23. The SMILES string of the molecule is CN(C)c1ccc(NC(=O)N(Cc2ccco2)CC2CCCO2)cn1. The lowest BCUT2D eigenvalue weighted by molar-refractivity contribution is 0.0803. The van der Waals surface area contributed by atoms with Crippen molar-refractivity contribution in [3.05, 3.63) is 42.5 Å². The van der Waals surface area contributed by atoms with Gasteiger partial charge in [0.2, 0.25) is 0 Å². The van der Waals surface area contributed by atoms with Crippen LogP contribution < -0.4 is 10.2 Å². The largest absolute Gasteiger partial charge is 0.467 e.